The molecule has 2 fully saturated rings. The lowest BCUT2D eigenvalue weighted by Crippen LogP contribution is -2.60. The van der Waals surface area contributed by atoms with Gasteiger partial charge in [0.1, 0.15) is 24.0 Å². The summed E-state index contributed by atoms with van der Waals surface area (Å²) in [5.41, 5.74) is 1.15. The number of aliphatic hydroxyl groups is 1. The first-order valence-electron chi connectivity index (χ1n) is 10.7. The number of carbonyl (C=O) groups is 1. The quantitative estimate of drug-likeness (QED) is 0.417. The molecule has 166 valence electrons. The number of likely N-dealkylation sites (N-methyl/N-ethyl adjacent to an activating group) is 1. The number of nitrogens with zero attached hydrogens (tertiary/aromatic N) is 1. The van der Waals surface area contributed by atoms with Gasteiger partial charge in [-0.05, 0) is 54.3 Å². The van der Waals surface area contributed by atoms with Crippen molar-refractivity contribution in [2.45, 2.75) is 51.0 Å². The lowest BCUT2D eigenvalue weighted by atomic mass is 9.99. The molecule has 0 aromatic carbocycles. The Bertz CT molecular complexity index is 788. The van der Waals surface area contributed by atoms with Crippen LogP contribution in [0.25, 0.3) is 0 Å². The molecule has 1 aliphatic carbocycles. The van der Waals surface area contributed by atoms with Gasteiger partial charge in [-0.15, -0.1) is 0 Å². The number of hydrogen-bond acceptors (Lipinski definition) is 3. The van der Waals surface area contributed by atoms with E-state index in [9.17, 15) is 9.90 Å². The maximum absolute atomic E-state index is 13.2. The molecule has 2 N–H and O–H groups in total. The van der Waals surface area contributed by atoms with Crippen LogP contribution in [0.2, 0.25) is 0 Å². The van der Waals surface area contributed by atoms with E-state index >= 15 is 0 Å². The molecule has 5 nitrogen and oxygen atoms in total. The smallest absolute Gasteiger partial charge is 0.257 e. The summed E-state index contributed by atoms with van der Waals surface area (Å²) in [5, 5.41) is 14.4. The molecule has 0 aromatic rings. The third kappa shape index (κ3) is 5.46. The summed E-state index contributed by atoms with van der Waals surface area (Å²) in [5.74, 6) is 0.433. The van der Waals surface area contributed by atoms with Crippen LogP contribution in [0.3, 0.4) is 0 Å². The van der Waals surface area contributed by atoms with Gasteiger partial charge in [-0.3, -0.25) is 9.28 Å². The van der Waals surface area contributed by atoms with Gasteiger partial charge in [0, 0.05) is 16.1 Å². The fraction of sp³-hybridized carbons (Fsp3) is 0.609. The number of allylic oxidation sites excluding steroid dienone is 4. The summed E-state index contributed by atoms with van der Waals surface area (Å²) < 4.78 is 6.18. The highest BCUT2D eigenvalue weighted by atomic mass is 79.9. The molecule has 0 bridgehead atoms. The molecule has 30 heavy (non-hydrogen) atoms. The van der Waals surface area contributed by atoms with E-state index in [1.165, 1.54) is 38.5 Å². The van der Waals surface area contributed by atoms with Gasteiger partial charge >= 0.3 is 0 Å². The minimum atomic E-state index is -0.906. The molecular formula is C23H33BrClN2O3+. The second-order valence-corrected chi connectivity index (χ2v) is 10.6. The summed E-state index contributed by atoms with van der Waals surface area (Å²) >= 11 is 9.69. The minimum Gasteiger partial charge on any atom is -0.379 e. The summed E-state index contributed by atoms with van der Waals surface area (Å²) in [7, 11) is 1.96. The maximum Gasteiger partial charge on any atom is 0.257 e. The van der Waals surface area contributed by atoms with Gasteiger partial charge in [-0.1, -0.05) is 37.3 Å². The van der Waals surface area contributed by atoms with Crippen molar-refractivity contribution >= 4 is 33.4 Å². The number of halogens is 2. The Balaban J connectivity index is 1.84. The van der Waals surface area contributed by atoms with Crippen molar-refractivity contribution in [1.82, 2.24) is 5.32 Å². The van der Waals surface area contributed by atoms with E-state index in [2.05, 4.69) is 27.8 Å². The van der Waals surface area contributed by atoms with Gasteiger partial charge in [-0.2, -0.15) is 0 Å². The molecule has 3 aliphatic rings. The topological polar surface area (TPSA) is 58.6 Å². The molecule has 0 aromatic heterocycles. The second-order valence-electron chi connectivity index (χ2n) is 9.15. The number of hydrogen-bond donors (Lipinski definition) is 2. The first kappa shape index (κ1) is 23.7. The molecule has 1 amide bonds. The van der Waals surface area contributed by atoms with Gasteiger partial charge in [0.2, 0.25) is 0 Å². The monoisotopic (exact) mass is 499 g/mol. The van der Waals surface area contributed by atoms with Gasteiger partial charge < -0.3 is 15.2 Å². The van der Waals surface area contributed by atoms with E-state index in [-0.39, 0.29) is 10.4 Å². The van der Waals surface area contributed by atoms with Crippen molar-refractivity contribution in [2.24, 2.45) is 5.92 Å². The van der Waals surface area contributed by atoms with E-state index in [1.807, 2.05) is 13.2 Å². The second kappa shape index (κ2) is 9.70. The van der Waals surface area contributed by atoms with Crippen LogP contribution >= 0.6 is 27.5 Å². The third-order valence-electron chi connectivity index (χ3n) is 6.29. The maximum atomic E-state index is 13.2. The fourth-order valence-electron chi connectivity index (χ4n) is 4.61. The van der Waals surface area contributed by atoms with E-state index < -0.39 is 5.60 Å². The van der Waals surface area contributed by atoms with Gasteiger partial charge in [0.15, 0.2) is 5.60 Å². The van der Waals surface area contributed by atoms with Crippen molar-refractivity contribution in [1.29, 1.82) is 0 Å². The molecular weight excluding hydrogens is 468 g/mol. The zero-order valence-electron chi connectivity index (χ0n) is 18.0. The zero-order valence-corrected chi connectivity index (χ0v) is 20.3. The Morgan fingerprint density at radius 3 is 2.57 bits per heavy atom. The molecule has 0 spiro atoms. The largest absolute Gasteiger partial charge is 0.379 e. The predicted molar refractivity (Wildman–Crippen MR) is 124 cm³/mol. The van der Waals surface area contributed by atoms with Crippen LogP contribution < -0.4 is 5.32 Å². The molecule has 1 unspecified atom stereocenters. The first-order valence-corrected chi connectivity index (χ1v) is 11.9. The van der Waals surface area contributed by atoms with Crippen LogP contribution in [0.15, 0.2) is 45.2 Å². The van der Waals surface area contributed by atoms with Crippen LogP contribution in [0.4, 0.5) is 0 Å². The van der Waals surface area contributed by atoms with E-state index in [0.717, 1.165) is 15.8 Å². The Labute approximate surface area is 193 Å². The molecule has 0 radical (unpaired) electrons. The lowest BCUT2D eigenvalue weighted by molar-refractivity contribution is -0.824. The third-order valence-corrected chi connectivity index (χ3v) is 7.02. The zero-order chi connectivity index (χ0) is 21.9. The van der Waals surface area contributed by atoms with E-state index in [1.54, 1.807) is 13.0 Å². The lowest BCUT2D eigenvalue weighted by Gasteiger charge is -2.41. The average molecular weight is 501 g/mol. The van der Waals surface area contributed by atoms with Crippen LogP contribution in [0.5, 0.6) is 0 Å². The molecule has 1 saturated carbocycles. The molecule has 1 atom stereocenters. The van der Waals surface area contributed by atoms with Crippen molar-refractivity contribution in [3.8, 4) is 0 Å². The highest BCUT2D eigenvalue weighted by Gasteiger charge is 2.49. The predicted octanol–water partition coefficient (Wildman–Crippen LogP) is 4.48. The van der Waals surface area contributed by atoms with Crippen molar-refractivity contribution in [3.63, 3.8) is 0 Å². The SMILES string of the molecule is C=C1C(=C(Br)C=C(C)Cl)C(C(=O)NCC2CCCCCC2)=C[N+]1(C)CC1(O)COC1. The number of rotatable bonds is 6. The van der Waals surface area contributed by atoms with Gasteiger partial charge in [0.25, 0.3) is 5.91 Å². The standard InChI is InChI=1S/C23H32BrClN2O3/c1-16(25)10-20(24)21-17(2)27(3,13-23(29)14-30-15-23)12-19(21)22(28)26-11-18-8-6-4-5-7-9-18/h10,12,18,29H,2,4-9,11,13-15H2,1,3H3/p+1. The number of nitrogens with one attached hydrogen (secondary N) is 1. The van der Waals surface area contributed by atoms with Crippen molar-refractivity contribution in [3.05, 3.63) is 45.2 Å². The van der Waals surface area contributed by atoms with Gasteiger partial charge in [-0.25, -0.2) is 0 Å². The first-order chi connectivity index (χ1) is 14.1. The highest BCUT2D eigenvalue weighted by molar-refractivity contribution is 9.11. The molecule has 7 heteroatoms. The Kier molecular flexibility index (Phi) is 7.67. The average Bonchev–Trinajstić information content (AvgIpc) is 2.81. The number of ether oxygens (including phenoxy) is 1. The molecule has 2 heterocycles. The summed E-state index contributed by atoms with van der Waals surface area (Å²) in [6.45, 7) is 7.76. The summed E-state index contributed by atoms with van der Waals surface area (Å²) in [6, 6.07) is 0. The summed E-state index contributed by atoms with van der Waals surface area (Å²) in [4.78, 5) is 13.2. The minimum absolute atomic E-state index is 0.105. The Morgan fingerprint density at radius 1 is 1.40 bits per heavy atom. The van der Waals surface area contributed by atoms with E-state index in [4.69, 9.17) is 16.3 Å². The number of quaternary nitrogens is 1. The molecule has 3 rings (SSSR count). The fourth-order valence-corrected chi connectivity index (χ4v) is 5.63. The highest BCUT2D eigenvalue weighted by Crippen LogP contribution is 2.42. The van der Waals surface area contributed by atoms with Crippen LogP contribution in [-0.4, -0.2) is 54.4 Å². The van der Waals surface area contributed by atoms with Crippen LogP contribution in [-0.2, 0) is 9.53 Å². The molecule has 1 saturated heterocycles. The number of amides is 1. The molecule has 2 aliphatic heterocycles. The van der Waals surface area contributed by atoms with E-state index in [0.29, 0.717) is 42.8 Å². The van der Waals surface area contributed by atoms with Gasteiger partial charge in [0.05, 0.1) is 25.8 Å². The number of carbonyl (C=O) groups excluding carboxylic acids is 1. The summed E-state index contributed by atoms with van der Waals surface area (Å²) in [6.07, 6.45) is 11.1. The van der Waals surface area contributed by atoms with Crippen LogP contribution in [0, 0.1) is 5.92 Å². The Morgan fingerprint density at radius 2 is 2.03 bits per heavy atom. The van der Waals surface area contributed by atoms with Crippen molar-refractivity contribution < 1.29 is 19.1 Å². The van der Waals surface area contributed by atoms with Crippen LogP contribution in [0.1, 0.15) is 45.4 Å². The Hall–Kier alpha value is -0.920. The normalized spacial score (nSPS) is 29.2. The van der Waals surface area contributed by atoms with Crippen molar-refractivity contribution in [2.75, 3.05) is 33.4 Å².